The summed E-state index contributed by atoms with van der Waals surface area (Å²) in [6.07, 6.45) is 1.97. The van der Waals surface area contributed by atoms with Crippen LogP contribution in [-0.4, -0.2) is 46.5 Å². The second kappa shape index (κ2) is 9.44. The third kappa shape index (κ3) is 4.62. The number of thiazole rings is 1. The van der Waals surface area contributed by atoms with Crippen LogP contribution in [-0.2, 0) is 6.42 Å². The quantitative estimate of drug-likeness (QED) is 0.448. The van der Waals surface area contributed by atoms with Crippen LogP contribution in [0.25, 0.3) is 21.7 Å². The lowest BCUT2D eigenvalue weighted by Crippen LogP contribution is -2.54. The molecule has 1 aliphatic rings. The number of oxazole rings is 1. The van der Waals surface area contributed by atoms with Gasteiger partial charge in [-0.25, -0.2) is 18.7 Å². The second-order valence-electron chi connectivity index (χ2n) is 8.11. The minimum atomic E-state index is -0.328. The van der Waals surface area contributed by atoms with E-state index in [-0.39, 0.29) is 23.6 Å². The zero-order valence-electron chi connectivity index (χ0n) is 18.4. The Morgan fingerprint density at radius 1 is 1.09 bits per heavy atom. The number of nitrogens with zero attached hydrogens (tertiary/aromatic N) is 3. The molecule has 0 aliphatic carbocycles. The maximum Gasteiger partial charge on any atom is 0.274 e. The van der Waals surface area contributed by atoms with E-state index in [9.17, 15) is 13.6 Å². The first-order valence-electron chi connectivity index (χ1n) is 10.9. The van der Waals surface area contributed by atoms with E-state index in [1.807, 2.05) is 6.92 Å². The smallest absolute Gasteiger partial charge is 0.274 e. The Morgan fingerprint density at radius 2 is 1.76 bits per heavy atom. The summed E-state index contributed by atoms with van der Waals surface area (Å²) in [5.41, 5.74) is 2.51. The summed E-state index contributed by atoms with van der Waals surface area (Å²) < 4.78 is 32.3. The average molecular weight is 481 g/mol. The highest BCUT2D eigenvalue weighted by Crippen LogP contribution is 2.32. The molecule has 1 aliphatic heterocycles. The predicted molar refractivity (Wildman–Crippen MR) is 126 cm³/mol. The highest BCUT2D eigenvalue weighted by atomic mass is 32.1. The van der Waals surface area contributed by atoms with Crippen molar-refractivity contribution >= 4 is 17.2 Å². The monoisotopic (exact) mass is 480 g/mol. The molecule has 0 radical (unpaired) electrons. The van der Waals surface area contributed by atoms with Crippen molar-refractivity contribution in [1.82, 2.24) is 20.2 Å². The molecule has 3 heterocycles. The molecule has 0 saturated carbocycles. The van der Waals surface area contributed by atoms with Gasteiger partial charge in [0.15, 0.2) is 5.89 Å². The normalized spacial score (nSPS) is 16.1. The van der Waals surface area contributed by atoms with E-state index in [0.717, 1.165) is 21.0 Å². The number of nitrogens with one attached hydrogen (secondary N) is 1. The summed E-state index contributed by atoms with van der Waals surface area (Å²) in [5, 5.41) is 4.10. The fraction of sp³-hybridized carbons (Fsp3) is 0.240. The van der Waals surface area contributed by atoms with Crippen LogP contribution in [0.2, 0.25) is 0 Å². The number of aryl methyl sites for hydroxylation is 1. The van der Waals surface area contributed by atoms with Crippen LogP contribution in [0, 0.1) is 18.6 Å². The molecule has 9 heteroatoms. The fourth-order valence-corrected chi connectivity index (χ4v) is 4.99. The van der Waals surface area contributed by atoms with Crippen molar-refractivity contribution in [3.05, 3.63) is 83.0 Å². The largest absolute Gasteiger partial charge is 0.448 e. The van der Waals surface area contributed by atoms with Crippen molar-refractivity contribution in [2.75, 3.05) is 19.6 Å². The van der Waals surface area contributed by atoms with Crippen LogP contribution >= 0.6 is 11.3 Å². The molecular formula is C25H22F2N4O2S. The molecule has 2 aromatic carbocycles. The van der Waals surface area contributed by atoms with Gasteiger partial charge in [-0.15, -0.1) is 11.3 Å². The molecule has 0 spiro atoms. The van der Waals surface area contributed by atoms with E-state index in [1.54, 1.807) is 35.4 Å². The first-order valence-corrected chi connectivity index (χ1v) is 11.7. The Kier molecular flexibility index (Phi) is 6.21. The van der Waals surface area contributed by atoms with Crippen molar-refractivity contribution < 1.29 is 18.0 Å². The van der Waals surface area contributed by atoms with Gasteiger partial charge in [-0.05, 0) is 48.9 Å². The SMILES string of the molecule is Cc1nc(C(=O)N2CCNCC2Cc2nc(-c3ccc(F)cc3)co2)c(-c2ccc(F)cc2)s1. The zero-order valence-corrected chi connectivity index (χ0v) is 19.2. The standard InChI is InChI=1S/C25H22F2N4O2S/c1-15-29-23(24(34-15)17-4-8-19(27)9-5-17)25(32)31-11-10-28-13-20(31)12-22-30-21(14-33-22)16-2-6-18(26)7-3-16/h2-9,14,20,28H,10-13H2,1H3. The number of benzene rings is 2. The molecule has 6 nitrogen and oxygen atoms in total. The summed E-state index contributed by atoms with van der Waals surface area (Å²) in [5.74, 6) is -0.308. The Labute approximate surface area is 199 Å². The zero-order chi connectivity index (χ0) is 23.7. The van der Waals surface area contributed by atoms with Gasteiger partial charge in [0.05, 0.1) is 15.9 Å². The molecular weight excluding hydrogens is 458 g/mol. The lowest BCUT2D eigenvalue weighted by atomic mass is 10.1. The van der Waals surface area contributed by atoms with Crippen LogP contribution in [0.4, 0.5) is 8.78 Å². The maximum atomic E-state index is 13.6. The van der Waals surface area contributed by atoms with Crippen LogP contribution in [0.5, 0.6) is 0 Å². The first kappa shape index (κ1) is 22.4. The Bertz CT molecular complexity index is 1300. The minimum Gasteiger partial charge on any atom is -0.448 e. The topological polar surface area (TPSA) is 71.3 Å². The molecule has 34 heavy (non-hydrogen) atoms. The number of halogens is 2. The van der Waals surface area contributed by atoms with Crippen molar-refractivity contribution in [1.29, 1.82) is 0 Å². The van der Waals surface area contributed by atoms with Gasteiger partial charge < -0.3 is 14.6 Å². The molecule has 4 aromatic rings. The minimum absolute atomic E-state index is 0.166. The predicted octanol–water partition coefficient (Wildman–Crippen LogP) is 4.71. The van der Waals surface area contributed by atoms with Gasteiger partial charge in [-0.1, -0.05) is 12.1 Å². The van der Waals surface area contributed by atoms with Gasteiger partial charge in [0.2, 0.25) is 0 Å². The third-order valence-electron chi connectivity index (χ3n) is 5.76. The van der Waals surface area contributed by atoms with Gasteiger partial charge in [-0.3, -0.25) is 4.79 Å². The first-order chi connectivity index (χ1) is 16.5. The summed E-state index contributed by atoms with van der Waals surface area (Å²) >= 11 is 1.42. The van der Waals surface area contributed by atoms with Gasteiger partial charge in [0.25, 0.3) is 5.91 Å². The summed E-state index contributed by atoms with van der Waals surface area (Å²) in [6.45, 7) is 3.64. The van der Waals surface area contributed by atoms with Crippen LogP contribution < -0.4 is 5.32 Å². The number of piperazine rings is 1. The lowest BCUT2D eigenvalue weighted by Gasteiger charge is -2.35. The number of rotatable bonds is 5. The van der Waals surface area contributed by atoms with Gasteiger partial charge >= 0.3 is 0 Å². The molecule has 1 fully saturated rings. The van der Waals surface area contributed by atoms with E-state index in [0.29, 0.717) is 43.3 Å². The van der Waals surface area contributed by atoms with Crippen molar-refractivity contribution in [3.8, 4) is 21.7 Å². The number of hydrogen-bond acceptors (Lipinski definition) is 6. The molecule has 2 aromatic heterocycles. The lowest BCUT2D eigenvalue weighted by molar-refractivity contribution is 0.0624. The van der Waals surface area contributed by atoms with Crippen molar-refractivity contribution in [3.63, 3.8) is 0 Å². The second-order valence-corrected chi connectivity index (χ2v) is 9.31. The van der Waals surface area contributed by atoms with Gasteiger partial charge in [0, 0.05) is 31.6 Å². The molecule has 1 N–H and O–H groups in total. The Hall–Kier alpha value is -3.43. The number of carbonyl (C=O) groups is 1. The molecule has 5 rings (SSSR count). The number of amides is 1. The van der Waals surface area contributed by atoms with Crippen LogP contribution in [0.3, 0.4) is 0 Å². The van der Waals surface area contributed by atoms with Crippen LogP contribution in [0.15, 0.2) is 59.2 Å². The number of hydrogen-bond donors (Lipinski definition) is 1. The number of carbonyl (C=O) groups excluding carboxylic acids is 1. The molecule has 0 bridgehead atoms. The van der Waals surface area contributed by atoms with Crippen LogP contribution in [0.1, 0.15) is 21.4 Å². The van der Waals surface area contributed by atoms with E-state index >= 15 is 0 Å². The summed E-state index contributed by atoms with van der Waals surface area (Å²) in [6, 6.07) is 12.0. The molecule has 1 unspecified atom stereocenters. The number of aromatic nitrogens is 2. The van der Waals surface area contributed by atoms with E-state index < -0.39 is 0 Å². The third-order valence-corrected chi connectivity index (χ3v) is 6.78. The molecule has 174 valence electrons. The molecule has 1 amide bonds. The Morgan fingerprint density at radius 3 is 2.47 bits per heavy atom. The highest BCUT2D eigenvalue weighted by Gasteiger charge is 2.32. The fourth-order valence-electron chi connectivity index (χ4n) is 4.08. The molecule has 1 atom stereocenters. The highest BCUT2D eigenvalue weighted by molar-refractivity contribution is 7.15. The van der Waals surface area contributed by atoms with Crippen molar-refractivity contribution in [2.24, 2.45) is 0 Å². The summed E-state index contributed by atoms with van der Waals surface area (Å²) in [7, 11) is 0. The summed E-state index contributed by atoms with van der Waals surface area (Å²) in [4.78, 5) is 25.2. The average Bonchev–Trinajstić information content (AvgIpc) is 3.47. The molecule has 1 saturated heterocycles. The van der Waals surface area contributed by atoms with E-state index in [1.165, 1.54) is 35.6 Å². The van der Waals surface area contributed by atoms with E-state index in [2.05, 4.69) is 15.3 Å². The maximum absolute atomic E-state index is 13.6. The van der Waals surface area contributed by atoms with E-state index in [4.69, 9.17) is 4.42 Å². The van der Waals surface area contributed by atoms with Crippen molar-refractivity contribution in [2.45, 2.75) is 19.4 Å². The van der Waals surface area contributed by atoms with Gasteiger partial charge in [0.1, 0.15) is 29.3 Å². The van der Waals surface area contributed by atoms with Gasteiger partial charge in [-0.2, -0.15) is 0 Å². The Balaban J connectivity index is 1.38.